The van der Waals surface area contributed by atoms with Crippen molar-refractivity contribution in [1.29, 1.82) is 0 Å². The Bertz CT molecular complexity index is 2440. The largest absolute Gasteiger partial charge is 0.422 e. The third-order valence-corrected chi connectivity index (χ3v) is 17.0. The number of aliphatic hydroxyl groups excluding tert-OH is 2. The number of nitrogens with one attached hydrogen (secondary N) is 1. The molecule has 0 saturated carbocycles. The Labute approximate surface area is 452 Å². The highest BCUT2D eigenvalue weighted by molar-refractivity contribution is 5.96. The van der Waals surface area contributed by atoms with Crippen LogP contribution in [0.2, 0.25) is 0 Å². The van der Waals surface area contributed by atoms with Gasteiger partial charge in [0.05, 0.1) is 54.0 Å². The summed E-state index contributed by atoms with van der Waals surface area (Å²) in [4.78, 5) is 39.9. The molecular weight excluding hydrogens is 961 g/mol. The fraction of sp³-hybridized carbons (Fsp3) is 0.629. The number of unbranched alkanes of at least 4 members (excludes halogenated alkanes) is 1. The highest BCUT2D eigenvalue weighted by Crippen LogP contribution is 2.38. The molecule has 76 heavy (non-hydrogen) atoms. The van der Waals surface area contributed by atoms with Crippen LogP contribution in [0, 0.1) is 11.8 Å². The standard InChI is InChI=1S/C62H88N4O10/c1-12-49-53(68)18-15-16-38(2)21-32-54(41(5)57(42(6)59(71)63-49)76-55-36-62(9,72-11)58(70)43(7)74-55)75-60-56(69)51(34-40(4)73-60)66(10)37-45-24-28-47(29-25-45)50-35-61(8,65-64-50)33-14-13-17-44-22-26-46(27-23-44)48-30-19-39(3)20-31-52(48)67/h19-20,22-29,31,35,38,40-41,43,48-49,51,53-57,60,68-69H,6,12-18,21,30,32-34,36-37H2,1-5,7-11H3,(H,63,71)/p+2/t38-,40+,41?,43-,48?,49?,51-,53?,54-,55?,56+,57+,60?,61+,62+/m0/s1. The number of hydrogen-bond acceptors (Lipinski definition) is 11. The highest BCUT2D eigenvalue weighted by Gasteiger charge is 2.55. The lowest BCUT2D eigenvalue weighted by Crippen LogP contribution is -2.57. The number of ketones is 2. The minimum atomic E-state index is -0.992. The van der Waals surface area contributed by atoms with E-state index in [1.165, 1.54) is 5.56 Å². The molecule has 0 bridgehead atoms. The maximum atomic E-state index is 14.1. The Morgan fingerprint density at radius 1 is 0.947 bits per heavy atom. The summed E-state index contributed by atoms with van der Waals surface area (Å²) in [6.45, 7) is 20.8. The Balaban J connectivity index is 0.980. The predicted octanol–water partition coefficient (Wildman–Crippen LogP) is 9.93. The van der Waals surface area contributed by atoms with E-state index in [9.17, 15) is 24.6 Å². The maximum Gasteiger partial charge on any atom is 0.401 e. The van der Waals surface area contributed by atoms with Crippen molar-refractivity contribution in [3.05, 3.63) is 113 Å². The van der Waals surface area contributed by atoms with E-state index < -0.39 is 66.6 Å². The van der Waals surface area contributed by atoms with Crippen molar-refractivity contribution in [3.63, 3.8) is 0 Å². The van der Waals surface area contributed by atoms with Crippen LogP contribution in [0.5, 0.6) is 0 Å². The third kappa shape index (κ3) is 15.0. The van der Waals surface area contributed by atoms with Crippen LogP contribution < -0.4 is 5.32 Å². The van der Waals surface area contributed by atoms with Crippen LogP contribution >= 0.6 is 0 Å². The summed E-state index contributed by atoms with van der Waals surface area (Å²) in [5, 5.41) is 35.8. The minimum absolute atomic E-state index is 0.112. The van der Waals surface area contributed by atoms with E-state index in [-0.39, 0.29) is 47.2 Å². The number of nitrogens with zero attached hydrogens (tertiary/aromatic N) is 3. The van der Waals surface area contributed by atoms with Gasteiger partial charge in [0.15, 0.2) is 24.5 Å². The summed E-state index contributed by atoms with van der Waals surface area (Å²) in [6.07, 6.45) is 11.8. The summed E-state index contributed by atoms with van der Waals surface area (Å²) in [7, 11) is 3.68. The van der Waals surface area contributed by atoms with Crippen LogP contribution in [-0.2, 0) is 41.5 Å². The van der Waals surface area contributed by atoms with Crippen LogP contribution in [0.4, 0.5) is 0 Å². The average molecular weight is 1050 g/mol. The van der Waals surface area contributed by atoms with Crippen LogP contribution in [0.15, 0.2) is 101 Å². The number of aliphatic hydroxyl groups is 4. The smallest absolute Gasteiger partial charge is 0.401 e. The van der Waals surface area contributed by atoms with Crippen LogP contribution in [-0.4, -0.2) is 129 Å². The van der Waals surface area contributed by atoms with Crippen molar-refractivity contribution in [1.82, 2.24) is 10.2 Å². The minimum Gasteiger partial charge on any atom is -0.422 e. The highest BCUT2D eigenvalue weighted by atomic mass is 16.7. The van der Waals surface area contributed by atoms with E-state index in [4.69, 9.17) is 24.1 Å². The molecule has 5 aliphatic rings. The fourth-order valence-corrected chi connectivity index (χ4v) is 11.7. The lowest BCUT2D eigenvalue weighted by atomic mass is 9.85. The predicted molar refractivity (Wildman–Crippen MR) is 298 cm³/mol. The molecule has 7 rings (SSSR count). The Morgan fingerprint density at radius 2 is 1.67 bits per heavy atom. The molecule has 14 heteroatoms. The van der Waals surface area contributed by atoms with Gasteiger partial charge in [-0.15, -0.1) is 0 Å². The summed E-state index contributed by atoms with van der Waals surface area (Å²) >= 11 is 0. The quantitative estimate of drug-likeness (QED) is 0.0836. The van der Waals surface area contributed by atoms with Gasteiger partial charge in [-0.25, -0.2) is 0 Å². The number of amides is 1. The average Bonchev–Trinajstić information content (AvgIpc) is 3.71. The van der Waals surface area contributed by atoms with E-state index in [0.717, 1.165) is 79.3 Å². The lowest BCUT2D eigenvalue weighted by Gasteiger charge is -2.44. The van der Waals surface area contributed by atoms with Crippen molar-refractivity contribution in [2.75, 3.05) is 14.2 Å². The SMILES string of the molecule is C=C1C(=O)NC(CC)C(O)CCC[C@H](C)CC[C@H](OC2O[C@H](C)C[C@H](N(C)Cc3ccc(C4=C[C@@](C)(CCCCc5ccc(C6CC=C(C)C=CC6=O)cc5)N=N4)cc3)[C@H]2O)C(C)[C@H]1OC1C[C@@](C)([OH+]C)C(=[OH+])[C@H](C)O1. The molecular formula is C62H90N4O10+2. The number of carbonyl (C=O) groups excluding carboxylic acids is 3. The van der Waals surface area contributed by atoms with Gasteiger partial charge in [-0.05, 0) is 127 Å². The van der Waals surface area contributed by atoms with Gasteiger partial charge in [-0.2, -0.15) is 10.2 Å². The van der Waals surface area contributed by atoms with Crippen molar-refractivity contribution in [2.24, 2.45) is 22.1 Å². The zero-order valence-electron chi connectivity index (χ0n) is 47.1. The number of likely N-dealkylation sites (N-methyl/N-ethyl adjacent to an activating group) is 1. The number of hydrogen-bond donors (Lipinski definition) is 3. The molecule has 14 nitrogen and oxygen atoms in total. The number of aryl methyl sites for hydroxylation is 1. The topological polar surface area (TPSA) is 186 Å². The van der Waals surface area contributed by atoms with Crippen molar-refractivity contribution in [2.45, 2.75) is 224 Å². The van der Waals surface area contributed by atoms with Crippen molar-refractivity contribution < 1.29 is 48.3 Å². The Hall–Kier alpha value is -4.51. The summed E-state index contributed by atoms with van der Waals surface area (Å²) in [6, 6.07) is 16.2. The van der Waals surface area contributed by atoms with E-state index in [1.54, 1.807) is 20.1 Å². The van der Waals surface area contributed by atoms with Gasteiger partial charge in [-0.1, -0.05) is 113 Å². The van der Waals surface area contributed by atoms with E-state index in [1.807, 2.05) is 47.7 Å². The summed E-state index contributed by atoms with van der Waals surface area (Å²) in [5.74, 6) is -0.423. The van der Waals surface area contributed by atoms with Gasteiger partial charge in [0.1, 0.15) is 13.2 Å². The molecule has 4 aliphatic heterocycles. The van der Waals surface area contributed by atoms with Crippen molar-refractivity contribution in [3.8, 4) is 0 Å². The normalized spacial score (nSPS) is 35.1. The zero-order valence-corrected chi connectivity index (χ0v) is 47.1. The molecule has 5 N–H and O–H groups in total. The molecule has 2 aromatic rings. The van der Waals surface area contributed by atoms with Gasteiger partial charge >= 0.3 is 5.78 Å². The number of rotatable bonds is 16. The molecule has 15 atom stereocenters. The molecule has 3 fully saturated rings. The van der Waals surface area contributed by atoms with E-state index in [0.29, 0.717) is 38.1 Å². The van der Waals surface area contributed by atoms with Gasteiger partial charge in [-0.3, -0.25) is 19.3 Å². The van der Waals surface area contributed by atoms with Gasteiger partial charge in [0.2, 0.25) is 5.91 Å². The molecule has 0 aromatic heterocycles. The molecule has 6 unspecified atom stereocenters. The van der Waals surface area contributed by atoms with Gasteiger partial charge in [0, 0.05) is 36.6 Å². The molecule has 416 valence electrons. The van der Waals surface area contributed by atoms with Crippen LogP contribution in [0.3, 0.4) is 0 Å². The lowest BCUT2D eigenvalue weighted by molar-refractivity contribution is -0.284. The number of allylic oxidation sites excluding steroid dienone is 4. The second-order valence-electron chi connectivity index (χ2n) is 23.3. The molecule has 1 amide bonds. The Kier molecular flexibility index (Phi) is 20.6. The number of azo groups is 1. The zero-order chi connectivity index (χ0) is 54.9. The first-order chi connectivity index (χ1) is 36.2. The maximum absolute atomic E-state index is 14.1. The summed E-state index contributed by atoms with van der Waals surface area (Å²) < 4.78 is 30.9. The van der Waals surface area contributed by atoms with Crippen LogP contribution in [0.25, 0.3) is 5.70 Å². The van der Waals surface area contributed by atoms with Crippen LogP contribution in [0.1, 0.15) is 161 Å². The number of carbonyl (C=O) groups is 2. The Morgan fingerprint density at radius 3 is 2.38 bits per heavy atom. The first-order valence-electron chi connectivity index (χ1n) is 28.3. The molecule has 3 saturated heterocycles. The monoisotopic (exact) mass is 1050 g/mol. The fourth-order valence-electron chi connectivity index (χ4n) is 11.7. The van der Waals surface area contributed by atoms with E-state index >= 15 is 0 Å². The molecule has 1 aliphatic carbocycles. The first kappa shape index (κ1) is 59.2. The van der Waals surface area contributed by atoms with Gasteiger partial charge in [0.25, 0.3) is 5.60 Å². The second kappa shape index (κ2) is 26.4. The van der Waals surface area contributed by atoms with Gasteiger partial charge < -0.3 is 39.2 Å². The van der Waals surface area contributed by atoms with Crippen molar-refractivity contribution >= 4 is 23.2 Å². The number of benzene rings is 2. The molecule has 4 heterocycles. The first-order valence-corrected chi connectivity index (χ1v) is 28.3. The molecule has 0 spiro atoms. The molecule has 2 aromatic carbocycles. The second-order valence-corrected chi connectivity index (χ2v) is 23.3. The summed E-state index contributed by atoms with van der Waals surface area (Å²) in [5.41, 5.74) is 5.33. The third-order valence-electron chi connectivity index (χ3n) is 17.0. The number of ether oxygens (including phenoxy) is 5. The molecule has 0 radical (unpaired) electrons. The van der Waals surface area contributed by atoms with E-state index in [2.05, 4.69) is 101 Å².